The third-order valence-corrected chi connectivity index (χ3v) is 3.72. The number of piperidine rings is 1. The van der Waals surface area contributed by atoms with Gasteiger partial charge in [-0.15, -0.1) is 0 Å². The van der Waals surface area contributed by atoms with Crippen molar-refractivity contribution in [3.63, 3.8) is 0 Å². The molecule has 104 valence electrons. The van der Waals surface area contributed by atoms with E-state index in [9.17, 15) is 10.1 Å². The van der Waals surface area contributed by atoms with Crippen molar-refractivity contribution in [1.29, 1.82) is 0 Å². The van der Waals surface area contributed by atoms with Gasteiger partial charge < -0.3 is 15.4 Å². The first-order chi connectivity index (χ1) is 8.97. The maximum absolute atomic E-state index is 11.2. The van der Waals surface area contributed by atoms with Crippen LogP contribution in [0.5, 0.6) is 0 Å². The van der Waals surface area contributed by atoms with E-state index in [0.29, 0.717) is 12.2 Å². The number of nitro groups is 1. The summed E-state index contributed by atoms with van der Waals surface area (Å²) < 4.78 is 5.52. The Bertz CT molecular complexity index is 492. The minimum atomic E-state index is -0.413. The van der Waals surface area contributed by atoms with Gasteiger partial charge in [-0.25, -0.2) is 0 Å². The highest BCUT2D eigenvalue weighted by Gasteiger charge is 2.33. The van der Waals surface area contributed by atoms with Crippen LogP contribution in [0.25, 0.3) is 0 Å². The van der Waals surface area contributed by atoms with Crippen molar-refractivity contribution >= 4 is 17.1 Å². The van der Waals surface area contributed by atoms with Crippen molar-refractivity contribution in [3.8, 4) is 0 Å². The quantitative estimate of drug-likeness (QED) is 0.514. The Labute approximate surface area is 112 Å². The van der Waals surface area contributed by atoms with Crippen LogP contribution in [0.3, 0.4) is 0 Å². The summed E-state index contributed by atoms with van der Waals surface area (Å²) in [7, 11) is 1.68. The SMILES string of the molecule is COC1(C)CCCN(c2cccc(N)c2[N+](=O)[O-])C1. The first kappa shape index (κ1) is 13.6. The van der Waals surface area contributed by atoms with Gasteiger partial charge in [0, 0.05) is 20.2 Å². The van der Waals surface area contributed by atoms with Crippen molar-refractivity contribution in [2.24, 2.45) is 0 Å². The molecule has 1 aliphatic rings. The van der Waals surface area contributed by atoms with Gasteiger partial charge in [0.2, 0.25) is 0 Å². The molecule has 0 aliphatic carbocycles. The Morgan fingerprint density at radius 2 is 2.26 bits per heavy atom. The largest absolute Gasteiger partial charge is 0.393 e. The number of para-hydroxylation sites is 1. The fourth-order valence-electron chi connectivity index (χ4n) is 2.58. The maximum atomic E-state index is 11.2. The standard InChI is InChI=1S/C13H19N3O3/c1-13(19-2)7-4-8-15(9-13)11-6-3-5-10(14)12(11)16(17)18/h3,5-6H,4,7-9,14H2,1-2H3. The van der Waals surface area contributed by atoms with Crippen LogP contribution < -0.4 is 10.6 Å². The molecule has 19 heavy (non-hydrogen) atoms. The van der Waals surface area contributed by atoms with Crippen LogP contribution in [-0.2, 0) is 4.74 Å². The monoisotopic (exact) mass is 265 g/mol. The third-order valence-electron chi connectivity index (χ3n) is 3.72. The number of ether oxygens (including phenoxy) is 1. The number of hydrogen-bond acceptors (Lipinski definition) is 5. The highest BCUT2D eigenvalue weighted by atomic mass is 16.6. The molecule has 1 fully saturated rings. The number of rotatable bonds is 3. The highest BCUT2D eigenvalue weighted by Crippen LogP contribution is 2.37. The summed E-state index contributed by atoms with van der Waals surface area (Å²) in [6, 6.07) is 5.05. The van der Waals surface area contributed by atoms with Crippen molar-refractivity contribution in [2.75, 3.05) is 30.8 Å². The van der Waals surface area contributed by atoms with Gasteiger partial charge in [-0.3, -0.25) is 10.1 Å². The molecule has 1 saturated heterocycles. The van der Waals surface area contributed by atoms with Crippen LogP contribution in [0.15, 0.2) is 18.2 Å². The summed E-state index contributed by atoms with van der Waals surface area (Å²) >= 11 is 0. The number of nitrogens with zero attached hydrogens (tertiary/aromatic N) is 2. The van der Waals surface area contributed by atoms with Gasteiger partial charge in [0.1, 0.15) is 11.4 Å². The van der Waals surface area contributed by atoms with E-state index >= 15 is 0 Å². The molecule has 0 bridgehead atoms. The van der Waals surface area contributed by atoms with Gasteiger partial charge in [0.05, 0.1) is 10.5 Å². The van der Waals surface area contributed by atoms with Gasteiger partial charge in [-0.1, -0.05) is 6.07 Å². The van der Waals surface area contributed by atoms with E-state index < -0.39 is 4.92 Å². The number of benzene rings is 1. The average Bonchev–Trinajstić information content (AvgIpc) is 2.38. The third kappa shape index (κ3) is 2.63. The van der Waals surface area contributed by atoms with E-state index in [0.717, 1.165) is 19.4 Å². The van der Waals surface area contributed by atoms with Crippen molar-refractivity contribution in [3.05, 3.63) is 28.3 Å². The molecule has 1 aromatic carbocycles. The average molecular weight is 265 g/mol. The Kier molecular flexibility index (Phi) is 3.61. The smallest absolute Gasteiger partial charge is 0.315 e. The lowest BCUT2D eigenvalue weighted by atomic mass is 9.94. The molecule has 0 radical (unpaired) electrons. The molecule has 1 unspecified atom stereocenters. The topological polar surface area (TPSA) is 81.6 Å². The van der Waals surface area contributed by atoms with Crippen molar-refractivity contribution < 1.29 is 9.66 Å². The molecule has 1 aromatic rings. The molecule has 0 spiro atoms. The predicted molar refractivity (Wildman–Crippen MR) is 74.4 cm³/mol. The molecule has 0 aromatic heterocycles. The molecule has 6 nitrogen and oxygen atoms in total. The van der Waals surface area contributed by atoms with Crippen molar-refractivity contribution in [2.45, 2.75) is 25.4 Å². The number of hydrogen-bond donors (Lipinski definition) is 1. The molecule has 2 N–H and O–H groups in total. The summed E-state index contributed by atoms with van der Waals surface area (Å²) in [6.07, 6.45) is 1.90. The molecule has 6 heteroatoms. The Balaban J connectivity index is 2.37. The maximum Gasteiger partial charge on any atom is 0.315 e. The van der Waals surface area contributed by atoms with E-state index in [1.54, 1.807) is 25.3 Å². The second-order valence-corrected chi connectivity index (χ2v) is 5.15. The minimum Gasteiger partial charge on any atom is -0.393 e. The second kappa shape index (κ2) is 5.05. The molecule has 1 heterocycles. The molecule has 1 atom stereocenters. The second-order valence-electron chi connectivity index (χ2n) is 5.15. The van der Waals surface area contributed by atoms with Crippen LogP contribution >= 0.6 is 0 Å². The number of nitrogens with two attached hydrogens (primary N) is 1. The predicted octanol–water partition coefficient (Wildman–Crippen LogP) is 2.18. The zero-order chi connectivity index (χ0) is 14.0. The van der Waals surface area contributed by atoms with Gasteiger partial charge in [-0.2, -0.15) is 0 Å². The van der Waals surface area contributed by atoms with Gasteiger partial charge in [-0.05, 0) is 31.9 Å². The summed E-state index contributed by atoms with van der Waals surface area (Å²) in [5.41, 5.74) is 6.23. The molecular weight excluding hydrogens is 246 g/mol. The number of methoxy groups -OCH3 is 1. The zero-order valence-electron chi connectivity index (χ0n) is 11.3. The molecule has 0 saturated carbocycles. The van der Waals surface area contributed by atoms with Crippen LogP contribution in [0.1, 0.15) is 19.8 Å². The van der Waals surface area contributed by atoms with Gasteiger partial charge in [0.25, 0.3) is 0 Å². The van der Waals surface area contributed by atoms with Crippen LogP contribution in [0, 0.1) is 10.1 Å². The Morgan fingerprint density at radius 3 is 2.89 bits per heavy atom. The summed E-state index contributed by atoms with van der Waals surface area (Å²) in [6.45, 7) is 3.44. The normalized spacial score (nSPS) is 23.4. The molecular formula is C13H19N3O3. The lowest BCUT2D eigenvalue weighted by Gasteiger charge is -2.40. The zero-order valence-corrected chi connectivity index (χ0v) is 11.3. The first-order valence-corrected chi connectivity index (χ1v) is 6.30. The van der Waals surface area contributed by atoms with E-state index in [-0.39, 0.29) is 17.0 Å². The molecule has 2 rings (SSSR count). The van der Waals surface area contributed by atoms with E-state index in [1.807, 2.05) is 11.8 Å². The summed E-state index contributed by atoms with van der Waals surface area (Å²) in [5.74, 6) is 0. The Hall–Kier alpha value is -1.82. The fourth-order valence-corrected chi connectivity index (χ4v) is 2.58. The van der Waals surface area contributed by atoms with E-state index in [2.05, 4.69) is 0 Å². The van der Waals surface area contributed by atoms with Crippen LogP contribution in [0.4, 0.5) is 17.1 Å². The first-order valence-electron chi connectivity index (χ1n) is 6.30. The number of nitro benzene ring substituents is 1. The molecule has 1 aliphatic heterocycles. The van der Waals surface area contributed by atoms with Gasteiger partial charge >= 0.3 is 5.69 Å². The van der Waals surface area contributed by atoms with Crippen LogP contribution in [-0.4, -0.2) is 30.7 Å². The summed E-state index contributed by atoms with van der Waals surface area (Å²) in [4.78, 5) is 12.8. The van der Waals surface area contributed by atoms with E-state index in [1.165, 1.54) is 0 Å². The van der Waals surface area contributed by atoms with Crippen molar-refractivity contribution in [1.82, 2.24) is 0 Å². The lowest BCUT2D eigenvalue weighted by molar-refractivity contribution is -0.383. The van der Waals surface area contributed by atoms with Crippen LogP contribution in [0.2, 0.25) is 0 Å². The minimum absolute atomic E-state index is 0.0112. The highest BCUT2D eigenvalue weighted by molar-refractivity contribution is 5.75. The number of nitrogen functional groups attached to an aromatic ring is 1. The fraction of sp³-hybridized carbons (Fsp3) is 0.538. The summed E-state index contributed by atoms with van der Waals surface area (Å²) in [5, 5.41) is 11.2. The molecule has 0 amide bonds. The van der Waals surface area contributed by atoms with Gasteiger partial charge in [0.15, 0.2) is 0 Å². The lowest BCUT2D eigenvalue weighted by Crippen LogP contribution is -2.47. The number of anilines is 2. The Morgan fingerprint density at radius 1 is 1.53 bits per heavy atom. The van der Waals surface area contributed by atoms with E-state index in [4.69, 9.17) is 10.5 Å².